The summed E-state index contributed by atoms with van der Waals surface area (Å²) in [5, 5.41) is 8.75. The highest BCUT2D eigenvalue weighted by molar-refractivity contribution is 9.10. The molecule has 1 aromatic carbocycles. The zero-order valence-corrected chi connectivity index (χ0v) is 8.13. The average Bonchev–Trinajstić information content (AvgIpc) is 2.05. The molecular formula is C10H9BrO. The van der Waals surface area contributed by atoms with Gasteiger partial charge < -0.3 is 5.11 Å². The van der Waals surface area contributed by atoms with Gasteiger partial charge in [-0.05, 0) is 30.2 Å². The van der Waals surface area contributed by atoms with Gasteiger partial charge in [0.05, 0.1) is 0 Å². The van der Waals surface area contributed by atoms with Gasteiger partial charge in [-0.3, -0.25) is 0 Å². The van der Waals surface area contributed by atoms with Gasteiger partial charge in [0.1, 0.15) is 0 Å². The molecule has 2 heteroatoms. The first-order valence-corrected chi connectivity index (χ1v) is 4.43. The van der Waals surface area contributed by atoms with Gasteiger partial charge in [0.2, 0.25) is 0 Å². The number of terminal acetylenes is 1. The van der Waals surface area contributed by atoms with Crippen molar-refractivity contribution in [3.63, 3.8) is 0 Å². The Labute approximate surface area is 80.6 Å². The standard InChI is InChI=1S/C10H9BrO/c1-2-8-3-4-10(11)7-9(8)5-6-12/h1,3-4,7,12H,5-6H2. The van der Waals surface area contributed by atoms with Gasteiger partial charge >= 0.3 is 0 Å². The summed E-state index contributed by atoms with van der Waals surface area (Å²) in [6.07, 6.45) is 5.89. The summed E-state index contributed by atoms with van der Waals surface area (Å²) in [4.78, 5) is 0. The van der Waals surface area contributed by atoms with E-state index >= 15 is 0 Å². The highest BCUT2D eigenvalue weighted by Crippen LogP contribution is 2.16. The second-order valence-electron chi connectivity index (χ2n) is 2.42. The number of halogens is 1. The zero-order chi connectivity index (χ0) is 8.97. The van der Waals surface area contributed by atoms with Crippen molar-refractivity contribution in [2.45, 2.75) is 6.42 Å². The number of hydrogen-bond donors (Lipinski definition) is 1. The highest BCUT2D eigenvalue weighted by atomic mass is 79.9. The van der Waals surface area contributed by atoms with Crippen LogP contribution in [0.4, 0.5) is 0 Å². The Hall–Kier alpha value is -0.780. The summed E-state index contributed by atoms with van der Waals surface area (Å²) in [6, 6.07) is 5.70. The molecule has 0 aliphatic rings. The van der Waals surface area contributed by atoms with Gasteiger partial charge in [-0.15, -0.1) is 6.42 Å². The smallest absolute Gasteiger partial charge is 0.0471 e. The lowest BCUT2D eigenvalue weighted by Gasteiger charge is -2.02. The van der Waals surface area contributed by atoms with Gasteiger partial charge in [0, 0.05) is 16.6 Å². The lowest BCUT2D eigenvalue weighted by Crippen LogP contribution is -1.94. The number of rotatable bonds is 2. The molecule has 0 bridgehead atoms. The van der Waals surface area contributed by atoms with E-state index in [1.807, 2.05) is 18.2 Å². The Kier molecular flexibility index (Phi) is 3.33. The number of benzene rings is 1. The van der Waals surface area contributed by atoms with E-state index in [1.165, 1.54) is 0 Å². The van der Waals surface area contributed by atoms with Crippen LogP contribution in [0.5, 0.6) is 0 Å². The van der Waals surface area contributed by atoms with Crippen LogP contribution >= 0.6 is 15.9 Å². The highest BCUT2D eigenvalue weighted by Gasteiger charge is 1.99. The fourth-order valence-corrected chi connectivity index (χ4v) is 1.44. The summed E-state index contributed by atoms with van der Waals surface area (Å²) in [6.45, 7) is 0.130. The van der Waals surface area contributed by atoms with Crippen molar-refractivity contribution in [3.8, 4) is 12.3 Å². The monoisotopic (exact) mass is 224 g/mol. The Morgan fingerprint density at radius 2 is 2.25 bits per heavy atom. The summed E-state index contributed by atoms with van der Waals surface area (Å²) >= 11 is 3.35. The summed E-state index contributed by atoms with van der Waals surface area (Å²) in [5.41, 5.74) is 1.86. The van der Waals surface area contributed by atoms with E-state index in [4.69, 9.17) is 11.5 Å². The van der Waals surface area contributed by atoms with Crippen molar-refractivity contribution < 1.29 is 5.11 Å². The molecule has 0 radical (unpaired) electrons. The van der Waals surface area contributed by atoms with Crippen LogP contribution in [-0.2, 0) is 6.42 Å². The molecule has 0 saturated carbocycles. The summed E-state index contributed by atoms with van der Waals surface area (Å²) < 4.78 is 0.991. The minimum atomic E-state index is 0.130. The Morgan fingerprint density at radius 3 is 2.83 bits per heavy atom. The van der Waals surface area contributed by atoms with Crippen molar-refractivity contribution >= 4 is 15.9 Å². The van der Waals surface area contributed by atoms with E-state index < -0.39 is 0 Å². The molecule has 1 nitrogen and oxygen atoms in total. The molecule has 1 aromatic rings. The van der Waals surface area contributed by atoms with Crippen molar-refractivity contribution in [1.82, 2.24) is 0 Å². The molecule has 0 aliphatic carbocycles. The van der Waals surface area contributed by atoms with E-state index in [2.05, 4.69) is 21.9 Å². The maximum absolute atomic E-state index is 8.75. The molecule has 0 aliphatic heterocycles. The van der Waals surface area contributed by atoms with Crippen molar-refractivity contribution in [2.24, 2.45) is 0 Å². The topological polar surface area (TPSA) is 20.2 Å². The molecule has 0 heterocycles. The SMILES string of the molecule is C#Cc1ccc(Br)cc1CCO. The zero-order valence-electron chi connectivity index (χ0n) is 6.55. The first-order valence-electron chi connectivity index (χ1n) is 3.64. The van der Waals surface area contributed by atoms with Crippen LogP contribution in [-0.4, -0.2) is 11.7 Å². The Morgan fingerprint density at radius 1 is 1.50 bits per heavy atom. The Bertz CT molecular complexity index is 312. The quantitative estimate of drug-likeness (QED) is 0.763. The molecule has 12 heavy (non-hydrogen) atoms. The third-order valence-electron chi connectivity index (χ3n) is 1.60. The minimum absolute atomic E-state index is 0.130. The van der Waals surface area contributed by atoms with Crippen molar-refractivity contribution in [1.29, 1.82) is 0 Å². The first-order chi connectivity index (χ1) is 5.77. The predicted molar refractivity (Wildman–Crippen MR) is 52.9 cm³/mol. The Balaban J connectivity index is 3.06. The van der Waals surface area contributed by atoms with Gasteiger partial charge in [-0.25, -0.2) is 0 Å². The molecule has 0 amide bonds. The van der Waals surface area contributed by atoms with E-state index in [0.29, 0.717) is 6.42 Å². The third kappa shape index (κ3) is 2.10. The maximum Gasteiger partial charge on any atom is 0.0471 e. The number of hydrogen-bond acceptors (Lipinski definition) is 1. The van der Waals surface area contributed by atoms with Crippen LogP contribution in [0.15, 0.2) is 22.7 Å². The molecule has 0 atom stereocenters. The van der Waals surface area contributed by atoms with Crippen molar-refractivity contribution in [2.75, 3.05) is 6.61 Å². The van der Waals surface area contributed by atoms with Crippen LogP contribution in [0.25, 0.3) is 0 Å². The van der Waals surface area contributed by atoms with Crippen LogP contribution in [0.2, 0.25) is 0 Å². The molecule has 0 aromatic heterocycles. The number of aliphatic hydroxyl groups excluding tert-OH is 1. The fraction of sp³-hybridized carbons (Fsp3) is 0.200. The second kappa shape index (κ2) is 4.30. The fourth-order valence-electron chi connectivity index (χ4n) is 1.03. The van der Waals surface area contributed by atoms with Crippen LogP contribution in [0.3, 0.4) is 0 Å². The molecule has 1 N–H and O–H groups in total. The predicted octanol–water partition coefficient (Wildman–Crippen LogP) is 1.97. The first kappa shape index (κ1) is 9.31. The average molecular weight is 225 g/mol. The molecule has 1 rings (SSSR count). The molecule has 0 unspecified atom stereocenters. The normalized spacial score (nSPS) is 9.42. The van der Waals surface area contributed by atoms with Gasteiger partial charge in [-0.1, -0.05) is 21.9 Å². The molecule has 62 valence electrons. The van der Waals surface area contributed by atoms with E-state index in [-0.39, 0.29) is 6.61 Å². The molecular weight excluding hydrogens is 216 g/mol. The maximum atomic E-state index is 8.75. The lowest BCUT2D eigenvalue weighted by molar-refractivity contribution is 0.299. The van der Waals surface area contributed by atoms with Crippen LogP contribution < -0.4 is 0 Å². The van der Waals surface area contributed by atoms with E-state index in [1.54, 1.807) is 0 Å². The summed E-state index contributed by atoms with van der Waals surface area (Å²) in [7, 11) is 0. The molecule has 0 spiro atoms. The second-order valence-corrected chi connectivity index (χ2v) is 3.34. The molecule has 0 fully saturated rings. The number of aliphatic hydroxyl groups is 1. The molecule has 0 saturated heterocycles. The van der Waals surface area contributed by atoms with Crippen LogP contribution in [0.1, 0.15) is 11.1 Å². The minimum Gasteiger partial charge on any atom is -0.396 e. The summed E-state index contributed by atoms with van der Waals surface area (Å²) in [5.74, 6) is 2.58. The van der Waals surface area contributed by atoms with Crippen LogP contribution in [0, 0.1) is 12.3 Å². The van der Waals surface area contributed by atoms with Gasteiger partial charge in [0.15, 0.2) is 0 Å². The van der Waals surface area contributed by atoms with E-state index in [0.717, 1.165) is 15.6 Å². The van der Waals surface area contributed by atoms with Crippen molar-refractivity contribution in [3.05, 3.63) is 33.8 Å². The largest absolute Gasteiger partial charge is 0.396 e. The lowest BCUT2D eigenvalue weighted by atomic mass is 10.1. The third-order valence-corrected chi connectivity index (χ3v) is 2.10. The van der Waals surface area contributed by atoms with E-state index in [9.17, 15) is 0 Å². The van der Waals surface area contributed by atoms with Gasteiger partial charge in [-0.2, -0.15) is 0 Å². The van der Waals surface area contributed by atoms with Gasteiger partial charge in [0.25, 0.3) is 0 Å².